The van der Waals surface area contributed by atoms with Gasteiger partial charge in [0.25, 0.3) is 0 Å². The fourth-order valence-corrected chi connectivity index (χ4v) is 2.87. The third kappa shape index (κ3) is 2.69. The molecule has 5 nitrogen and oxygen atoms in total. The highest BCUT2D eigenvalue weighted by molar-refractivity contribution is 6.03. The number of hydrogen-bond donors (Lipinski definition) is 3. The SMILES string of the molecule is N=C(N)c1cc2ccccc2nc1N1CCC(CO)CC1. The lowest BCUT2D eigenvalue weighted by Crippen LogP contribution is -2.36. The van der Waals surface area contributed by atoms with Crippen LogP contribution in [0, 0.1) is 11.3 Å². The van der Waals surface area contributed by atoms with Crippen LogP contribution in [0.1, 0.15) is 18.4 Å². The van der Waals surface area contributed by atoms with Gasteiger partial charge in [-0.15, -0.1) is 0 Å². The molecule has 1 fully saturated rings. The van der Waals surface area contributed by atoms with E-state index >= 15 is 0 Å². The van der Waals surface area contributed by atoms with Crippen LogP contribution in [-0.4, -0.2) is 35.6 Å². The quantitative estimate of drug-likeness (QED) is 0.592. The second kappa shape index (κ2) is 5.69. The summed E-state index contributed by atoms with van der Waals surface area (Å²) in [5.74, 6) is 1.22. The second-order valence-electron chi connectivity index (χ2n) is 5.58. The number of aromatic nitrogens is 1. The lowest BCUT2D eigenvalue weighted by Gasteiger charge is -2.33. The highest BCUT2D eigenvalue weighted by Gasteiger charge is 2.22. The average molecular weight is 284 g/mol. The molecule has 0 saturated carbocycles. The molecule has 110 valence electrons. The van der Waals surface area contributed by atoms with Crippen LogP contribution >= 0.6 is 0 Å². The summed E-state index contributed by atoms with van der Waals surface area (Å²) in [7, 11) is 0. The van der Waals surface area contributed by atoms with Crippen LogP contribution in [0.4, 0.5) is 5.82 Å². The van der Waals surface area contributed by atoms with Crippen molar-refractivity contribution < 1.29 is 5.11 Å². The number of nitrogens with zero attached hydrogens (tertiary/aromatic N) is 2. The lowest BCUT2D eigenvalue weighted by molar-refractivity contribution is 0.203. The van der Waals surface area contributed by atoms with E-state index in [0.29, 0.717) is 11.5 Å². The molecule has 1 aromatic carbocycles. The topological polar surface area (TPSA) is 86.2 Å². The van der Waals surface area contributed by atoms with Crippen molar-refractivity contribution in [1.29, 1.82) is 5.41 Å². The van der Waals surface area contributed by atoms with Gasteiger partial charge in [-0.25, -0.2) is 4.98 Å². The van der Waals surface area contributed by atoms with E-state index in [0.717, 1.165) is 42.7 Å². The van der Waals surface area contributed by atoms with Crippen LogP contribution < -0.4 is 10.6 Å². The summed E-state index contributed by atoms with van der Waals surface area (Å²) in [6.07, 6.45) is 1.89. The Hall–Kier alpha value is -2.14. The maximum atomic E-state index is 9.24. The number of benzene rings is 1. The van der Waals surface area contributed by atoms with Crippen LogP contribution in [-0.2, 0) is 0 Å². The van der Waals surface area contributed by atoms with Crippen molar-refractivity contribution in [1.82, 2.24) is 4.98 Å². The molecule has 21 heavy (non-hydrogen) atoms. The first-order valence-electron chi connectivity index (χ1n) is 7.29. The molecule has 1 aromatic heterocycles. The molecule has 0 bridgehead atoms. The van der Waals surface area contributed by atoms with Crippen molar-refractivity contribution in [3.05, 3.63) is 35.9 Å². The fourth-order valence-electron chi connectivity index (χ4n) is 2.87. The van der Waals surface area contributed by atoms with Crippen molar-refractivity contribution in [2.45, 2.75) is 12.8 Å². The third-order valence-corrected chi connectivity index (χ3v) is 4.17. The summed E-state index contributed by atoms with van der Waals surface area (Å²) in [6, 6.07) is 9.82. The monoisotopic (exact) mass is 284 g/mol. The zero-order valence-corrected chi connectivity index (χ0v) is 11.9. The maximum absolute atomic E-state index is 9.24. The first-order chi connectivity index (χ1) is 10.2. The summed E-state index contributed by atoms with van der Waals surface area (Å²) in [6.45, 7) is 1.94. The molecule has 1 saturated heterocycles. The summed E-state index contributed by atoms with van der Waals surface area (Å²) < 4.78 is 0. The normalized spacial score (nSPS) is 16.3. The van der Waals surface area contributed by atoms with E-state index < -0.39 is 0 Å². The lowest BCUT2D eigenvalue weighted by atomic mass is 9.97. The van der Waals surface area contributed by atoms with Crippen molar-refractivity contribution in [2.24, 2.45) is 11.7 Å². The molecule has 0 spiro atoms. The molecule has 4 N–H and O–H groups in total. The van der Waals surface area contributed by atoms with Crippen molar-refractivity contribution in [3.63, 3.8) is 0 Å². The molecule has 0 unspecified atom stereocenters. The fraction of sp³-hybridized carbons (Fsp3) is 0.375. The molecule has 0 radical (unpaired) electrons. The largest absolute Gasteiger partial charge is 0.396 e. The first-order valence-corrected chi connectivity index (χ1v) is 7.29. The second-order valence-corrected chi connectivity index (χ2v) is 5.58. The van der Waals surface area contributed by atoms with Gasteiger partial charge < -0.3 is 15.7 Å². The molecule has 0 aliphatic carbocycles. The van der Waals surface area contributed by atoms with Gasteiger partial charge in [0.2, 0.25) is 0 Å². The minimum Gasteiger partial charge on any atom is -0.396 e. The van der Waals surface area contributed by atoms with Gasteiger partial charge in [0.05, 0.1) is 11.1 Å². The summed E-state index contributed by atoms with van der Waals surface area (Å²) in [5.41, 5.74) is 7.35. The van der Waals surface area contributed by atoms with E-state index in [1.54, 1.807) is 0 Å². The van der Waals surface area contributed by atoms with E-state index in [-0.39, 0.29) is 12.4 Å². The molecule has 0 amide bonds. The van der Waals surface area contributed by atoms with Crippen LogP contribution in [0.5, 0.6) is 0 Å². The smallest absolute Gasteiger partial charge is 0.140 e. The predicted octanol–water partition coefficient (Wildman–Crippen LogP) is 1.73. The van der Waals surface area contributed by atoms with E-state index in [4.69, 9.17) is 16.1 Å². The number of pyridine rings is 1. The van der Waals surface area contributed by atoms with Crippen molar-refractivity contribution in [3.8, 4) is 0 Å². The Labute approximate surface area is 123 Å². The maximum Gasteiger partial charge on any atom is 0.140 e. The highest BCUT2D eigenvalue weighted by Crippen LogP contribution is 2.27. The Morgan fingerprint density at radius 3 is 2.71 bits per heavy atom. The number of hydrogen-bond acceptors (Lipinski definition) is 4. The minimum atomic E-state index is 0.0486. The van der Waals surface area contributed by atoms with Crippen LogP contribution in [0.15, 0.2) is 30.3 Å². The number of rotatable bonds is 3. The van der Waals surface area contributed by atoms with Crippen LogP contribution in [0.2, 0.25) is 0 Å². The van der Waals surface area contributed by atoms with E-state index in [1.165, 1.54) is 0 Å². The number of para-hydroxylation sites is 1. The Bertz CT molecular complexity index is 662. The van der Waals surface area contributed by atoms with Crippen LogP contribution in [0.3, 0.4) is 0 Å². The number of amidine groups is 1. The molecule has 1 aliphatic rings. The zero-order valence-electron chi connectivity index (χ0n) is 11.9. The third-order valence-electron chi connectivity index (χ3n) is 4.17. The summed E-state index contributed by atoms with van der Waals surface area (Å²) in [4.78, 5) is 6.89. The van der Waals surface area contributed by atoms with Gasteiger partial charge in [-0.1, -0.05) is 18.2 Å². The Kier molecular flexibility index (Phi) is 3.75. The van der Waals surface area contributed by atoms with Gasteiger partial charge in [0.1, 0.15) is 11.7 Å². The molecule has 3 rings (SSSR count). The Balaban J connectivity index is 2.00. The number of aliphatic hydroxyl groups excluding tert-OH is 1. The zero-order chi connectivity index (χ0) is 14.8. The van der Waals surface area contributed by atoms with Crippen LogP contribution in [0.25, 0.3) is 10.9 Å². The number of anilines is 1. The van der Waals surface area contributed by atoms with Crippen molar-refractivity contribution in [2.75, 3.05) is 24.6 Å². The predicted molar refractivity (Wildman–Crippen MR) is 84.8 cm³/mol. The molecule has 2 heterocycles. The number of fused-ring (bicyclic) bond motifs is 1. The molecular weight excluding hydrogens is 264 g/mol. The number of piperidine rings is 1. The van der Waals surface area contributed by atoms with Gasteiger partial charge in [-0.3, -0.25) is 5.41 Å². The Morgan fingerprint density at radius 2 is 2.05 bits per heavy atom. The highest BCUT2D eigenvalue weighted by atomic mass is 16.3. The number of nitrogens with one attached hydrogen (secondary N) is 1. The van der Waals surface area contributed by atoms with E-state index in [9.17, 15) is 5.11 Å². The first kappa shape index (κ1) is 13.8. The van der Waals surface area contributed by atoms with Gasteiger partial charge in [-0.2, -0.15) is 0 Å². The van der Waals surface area contributed by atoms with E-state index in [2.05, 4.69) is 4.90 Å². The summed E-state index contributed by atoms with van der Waals surface area (Å²) in [5, 5.41) is 18.1. The van der Waals surface area contributed by atoms with Gasteiger partial charge >= 0.3 is 0 Å². The average Bonchev–Trinajstić information content (AvgIpc) is 2.53. The molecule has 2 aromatic rings. The van der Waals surface area contributed by atoms with Gasteiger partial charge in [-0.05, 0) is 30.9 Å². The van der Waals surface area contributed by atoms with E-state index in [1.807, 2.05) is 30.3 Å². The Morgan fingerprint density at radius 1 is 1.33 bits per heavy atom. The standard InChI is InChI=1S/C16H20N4O/c17-15(18)13-9-12-3-1-2-4-14(12)19-16(13)20-7-5-11(10-21)6-8-20/h1-4,9,11,21H,5-8,10H2,(H3,17,18). The van der Waals surface area contributed by atoms with Crippen molar-refractivity contribution >= 4 is 22.6 Å². The molecule has 1 aliphatic heterocycles. The number of nitrogen functional groups attached to an aromatic ring is 1. The van der Waals surface area contributed by atoms with Gasteiger partial charge in [0.15, 0.2) is 0 Å². The molecular formula is C16H20N4O. The molecule has 0 atom stereocenters. The minimum absolute atomic E-state index is 0.0486. The summed E-state index contributed by atoms with van der Waals surface area (Å²) >= 11 is 0. The number of nitrogens with two attached hydrogens (primary N) is 1. The van der Waals surface area contributed by atoms with Gasteiger partial charge in [0, 0.05) is 25.1 Å². The number of aliphatic hydroxyl groups is 1. The molecule has 5 heteroatoms.